The highest BCUT2D eigenvalue weighted by molar-refractivity contribution is 5.39. The normalized spacial score (nSPS) is 12.9. The Morgan fingerprint density at radius 3 is 2.50 bits per heavy atom. The molecule has 0 aliphatic heterocycles. The van der Waals surface area contributed by atoms with Crippen molar-refractivity contribution < 1.29 is 8.83 Å². The number of hydrogen-bond acceptors (Lipinski definition) is 3. The van der Waals surface area contributed by atoms with Crippen molar-refractivity contribution in [2.75, 3.05) is 6.54 Å². The van der Waals surface area contributed by atoms with Crippen molar-refractivity contribution in [2.24, 2.45) is 0 Å². The molecule has 0 fully saturated rings. The van der Waals surface area contributed by atoms with Gasteiger partial charge >= 0.3 is 0 Å². The van der Waals surface area contributed by atoms with E-state index in [1.54, 1.807) is 12.5 Å². The van der Waals surface area contributed by atoms with Crippen molar-refractivity contribution in [3.63, 3.8) is 0 Å². The molecular formula is C15H21NO2. The molecule has 0 aliphatic rings. The smallest absolute Gasteiger partial charge is 0.106 e. The fraction of sp³-hybridized carbons (Fsp3) is 0.467. The molecule has 2 aromatic rings. The molecule has 2 heterocycles. The minimum atomic E-state index is 0.154. The summed E-state index contributed by atoms with van der Waals surface area (Å²) in [5.74, 6) is 1.98. The molecule has 0 bridgehead atoms. The maximum absolute atomic E-state index is 5.73. The van der Waals surface area contributed by atoms with Gasteiger partial charge in [-0.2, -0.15) is 0 Å². The van der Waals surface area contributed by atoms with E-state index in [0.717, 1.165) is 30.0 Å². The average Bonchev–Trinajstić information content (AvgIpc) is 2.93. The molecule has 1 N–H and O–H groups in total. The van der Waals surface area contributed by atoms with Crippen LogP contribution in [0.3, 0.4) is 0 Å². The molecule has 0 radical (unpaired) electrons. The predicted molar refractivity (Wildman–Crippen MR) is 71.8 cm³/mol. The van der Waals surface area contributed by atoms with E-state index in [-0.39, 0.29) is 6.04 Å². The van der Waals surface area contributed by atoms with Crippen LogP contribution in [0, 0.1) is 20.8 Å². The third-order valence-corrected chi connectivity index (χ3v) is 3.38. The summed E-state index contributed by atoms with van der Waals surface area (Å²) in [7, 11) is 0. The van der Waals surface area contributed by atoms with Crippen LogP contribution in [0.1, 0.15) is 47.6 Å². The summed E-state index contributed by atoms with van der Waals surface area (Å²) in [6, 6.07) is 2.16. The number of aryl methyl sites for hydroxylation is 2. The first kappa shape index (κ1) is 13.0. The molecule has 0 aromatic carbocycles. The first-order valence-electron chi connectivity index (χ1n) is 6.47. The Labute approximate surface area is 108 Å². The molecule has 1 atom stereocenters. The fourth-order valence-corrected chi connectivity index (χ4v) is 2.35. The summed E-state index contributed by atoms with van der Waals surface area (Å²) in [5, 5.41) is 3.56. The second kappa shape index (κ2) is 5.44. The first-order chi connectivity index (χ1) is 8.65. The van der Waals surface area contributed by atoms with Crippen LogP contribution >= 0.6 is 0 Å². The van der Waals surface area contributed by atoms with Crippen LogP contribution in [-0.4, -0.2) is 6.54 Å². The van der Waals surface area contributed by atoms with E-state index in [9.17, 15) is 0 Å². The minimum Gasteiger partial charge on any atom is -0.472 e. The van der Waals surface area contributed by atoms with Gasteiger partial charge in [0.25, 0.3) is 0 Å². The van der Waals surface area contributed by atoms with Gasteiger partial charge in [0.15, 0.2) is 0 Å². The van der Waals surface area contributed by atoms with Crippen LogP contribution in [-0.2, 0) is 0 Å². The standard InChI is InChI=1S/C15H21NO2/c1-5-7-16-15(13-6-8-17-9-13)14-10(2)11(3)18-12(14)4/h6,8-9,15-16H,5,7H2,1-4H3. The third kappa shape index (κ3) is 2.36. The molecule has 0 amide bonds. The van der Waals surface area contributed by atoms with Gasteiger partial charge in [-0.15, -0.1) is 0 Å². The van der Waals surface area contributed by atoms with Crippen molar-refractivity contribution in [1.82, 2.24) is 5.32 Å². The summed E-state index contributed by atoms with van der Waals surface area (Å²) in [6.07, 6.45) is 4.62. The van der Waals surface area contributed by atoms with Crippen molar-refractivity contribution in [3.05, 3.63) is 46.8 Å². The van der Waals surface area contributed by atoms with E-state index in [1.807, 2.05) is 19.9 Å². The van der Waals surface area contributed by atoms with Gasteiger partial charge in [-0.05, 0) is 45.4 Å². The van der Waals surface area contributed by atoms with Crippen molar-refractivity contribution in [3.8, 4) is 0 Å². The van der Waals surface area contributed by atoms with E-state index in [4.69, 9.17) is 8.83 Å². The molecule has 0 spiro atoms. The molecule has 0 saturated heterocycles. The van der Waals surface area contributed by atoms with Gasteiger partial charge in [0.1, 0.15) is 11.5 Å². The number of furan rings is 2. The zero-order valence-corrected chi connectivity index (χ0v) is 11.5. The van der Waals surface area contributed by atoms with Crippen LogP contribution < -0.4 is 5.32 Å². The lowest BCUT2D eigenvalue weighted by Gasteiger charge is -2.17. The number of rotatable bonds is 5. The Morgan fingerprint density at radius 2 is 2.00 bits per heavy atom. The van der Waals surface area contributed by atoms with E-state index < -0.39 is 0 Å². The topological polar surface area (TPSA) is 38.3 Å². The highest BCUT2D eigenvalue weighted by Gasteiger charge is 2.22. The second-order valence-corrected chi connectivity index (χ2v) is 4.70. The fourth-order valence-electron chi connectivity index (χ4n) is 2.35. The first-order valence-corrected chi connectivity index (χ1v) is 6.47. The highest BCUT2D eigenvalue weighted by atomic mass is 16.3. The lowest BCUT2D eigenvalue weighted by Crippen LogP contribution is -2.23. The SMILES string of the molecule is CCCNC(c1ccoc1)c1c(C)oc(C)c1C. The van der Waals surface area contributed by atoms with Gasteiger partial charge < -0.3 is 14.2 Å². The maximum Gasteiger partial charge on any atom is 0.106 e. The molecule has 0 aliphatic carbocycles. The Hall–Kier alpha value is -1.48. The molecule has 18 heavy (non-hydrogen) atoms. The Balaban J connectivity index is 2.40. The zero-order chi connectivity index (χ0) is 13.1. The van der Waals surface area contributed by atoms with Crippen LogP contribution in [0.15, 0.2) is 27.4 Å². The van der Waals surface area contributed by atoms with Crippen LogP contribution in [0.2, 0.25) is 0 Å². The van der Waals surface area contributed by atoms with E-state index in [2.05, 4.69) is 19.2 Å². The maximum atomic E-state index is 5.73. The lowest BCUT2D eigenvalue weighted by molar-refractivity contribution is 0.491. The van der Waals surface area contributed by atoms with Crippen molar-refractivity contribution >= 4 is 0 Å². The summed E-state index contributed by atoms with van der Waals surface area (Å²) in [5.41, 5.74) is 3.61. The number of hydrogen-bond donors (Lipinski definition) is 1. The third-order valence-electron chi connectivity index (χ3n) is 3.38. The van der Waals surface area contributed by atoms with Gasteiger partial charge in [-0.3, -0.25) is 0 Å². The number of nitrogens with one attached hydrogen (secondary N) is 1. The molecule has 3 heteroatoms. The van der Waals surface area contributed by atoms with E-state index >= 15 is 0 Å². The van der Waals surface area contributed by atoms with Gasteiger partial charge in [0.05, 0.1) is 18.6 Å². The second-order valence-electron chi connectivity index (χ2n) is 4.70. The minimum absolute atomic E-state index is 0.154. The van der Waals surface area contributed by atoms with Crippen molar-refractivity contribution in [2.45, 2.75) is 40.2 Å². The van der Waals surface area contributed by atoms with Gasteiger partial charge in [0, 0.05) is 11.1 Å². The van der Waals surface area contributed by atoms with Crippen LogP contribution in [0.4, 0.5) is 0 Å². The molecule has 0 saturated carbocycles. The van der Waals surface area contributed by atoms with E-state index in [1.165, 1.54) is 11.1 Å². The Morgan fingerprint density at radius 1 is 1.22 bits per heavy atom. The summed E-state index contributed by atoms with van der Waals surface area (Å²) in [4.78, 5) is 0. The summed E-state index contributed by atoms with van der Waals surface area (Å²) >= 11 is 0. The summed E-state index contributed by atoms with van der Waals surface area (Å²) < 4.78 is 10.9. The van der Waals surface area contributed by atoms with Gasteiger partial charge in [-0.1, -0.05) is 6.92 Å². The monoisotopic (exact) mass is 247 g/mol. The predicted octanol–water partition coefficient (Wildman–Crippen LogP) is 3.89. The molecule has 2 rings (SSSR count). The van der Waals surface area contributed by atoms with Crippen molar-refractivity contribution in [1.29, 1.82) is 0 Å². The highest BCUT2D eigenvalue weighted by Crippen LogP contribution is 2.31. The lowest BCUT2D eigenvalue weighted by atomic mass is 9.97. The molecule has 3 nitrogen and oxygen atoms in total. The largest absolute Gasteiger partial charge is 0.472 e. The molecule has 98 valence electrons. The van der Waals surface area contributed by atoms with Gasteiger partial charge in [0.2, 0.25) is 0 Å². The molecule has 1 unspecified atom stereocenters. The van der Waals surface area contributed by atoms with Crippen LogP contribution in [0.5, 0.6) is 0 Å². The average molecular weight is 247 g/mol. The van der Waals surface area contributed by atoms with E-state index in [0.29, 0.717) is 0 Å². The Kier molecular flexibility index (Phi) is 3.92. The Bertz CT molecular complexity index is 497. The molecular weight excluding hydrogens is 226 g/mol. The van der Waals surface area contributed by atoms with Gasteiger partial charge in [-0.25, -0.2) is 0 Å². The zero-order valence-electron chi connectivity index (χ0n) is 11.5. The quantitative estimate of drug-likeness (QED) is 0.871. The summed E-state index contributed by atoms with van der Waals surface area (Å²) in [6.45, 7) is 9.29. The molecule has 2 aromatic heterocycles. The van der Waals surface area contributed by atoms with Crippen LogP contribution in [0.25, 0.3) is 0 Å².